The number of nitrogens with zero attached hydrogens (tertiary/aromatic N) is 2. The molecule has 1 aromatic carbocycles. The van der Waals surface area contributed by atoms with Gasteiger partial charge in [-0.25, -0.2) is 0 Å². The van der Waals surface area contributed by atoms with E-state index in [0.29, 0.717) is 15.1 Å². The van der Waals surface area contributed by atoms with Crippen LogP contribution in [0.15, 0.2) is 24.5 Å². The van der Waals surface area contributed by atoms with Crippen LogP contribution in [0.25, 0.3) is 11.0 Å². The molecule has 15 heavy (non-hydrogen) atoms. The molecule has 0 unspecified atom stereocenters. The van der Waals surface area contributed by atoms with Crippen molar-refractivity contribution in [1.29, 1.82) is 0 Å². The van der Waals surface area contributed by atoms with Gasteiger partial charge in [0.1, 0.15) is 11.4 Å². The Morgan fingerprint density at radius 3 is 2.33 bits per heavy atom. The number of nitrogens with two attached hydrogens (primary N) is 1. The fraction of sp³-hybridized carbons (Fsp3) is 0.111. The Hall–Kier alpha value is -2.24. The van der Waals surface area contributed by atoms with Crippen LogP contribution >= 0.6 is 0 Å². The van der Waals surface area contributed by atoms with Crippen LogP contribution in [0.4, 0.5) is 11.4 Å². The van der Waals surface area contributed by atoms with Crippen molar-refractivity contribution in [2.24, 2.45) is 0 Å². The smallest absolute Gasteiger partial charge is 0.315 e. The van der Waals surface area contributed by atoms with E-state index in [9.17, 15) is 10.4 Å². The monoisotopic (exact) mass is 206 g/mol. The van der Waals surface area contributed by atoms with Gasteiger partial charge in [0, 0.05) is 7.05 Å². The molecule has 0 saturated carbocycles. The highest BCUT2D eigenvalue weighted by Crippen LogP contribution is 2.21. The normalized spacial score (nSPS) is 10.5. The molecule has 0 atom stereocenters. The standard InChI is InChI=1S/C9H10N4O2/c1-11-7-3-2-6(10)8-9(7)13(15)5-4-12(8)14/h2-5,11H,10H2,1H3. The van der Waals surface area contributed by atoms with Crippen LogP contribution in [0.1, 0.15) is 0 Å². The van der Waals surface area contributed by atoms with Gasteiger partial charge in [0.2, 0.25) is 12.4 Å². The first-order valence-electron chi connectivity index (χ1n) is 4.36. The molecule has 0 radical (unpaired) electrons. The minimum Gasteiger partial charge on any atom is -0.618 e. The maximum Gasteiger partial charge on any atom is 0.315 e. The van der Waals surface area contributed by atoms with E-state index in [2.05, 4.69) is 5.32 Å². The molecular weight excluding hydrogens is 196 g/mol. The Kier molecular flexibility index (Phi) is 1.96. The maximum atomic E-state index is 11.5. The molecule has 0 bridgehead atoms. The van der Waals surface area contributed by atoms with Crippen LogP contribution in [0, 0.1) is 10.4 Å². The lowest BCUT2D eigenvalue weighted by Crippen LogP contribution is -2.38. The third kappa shape index (κ3) is 1.26. The summed E-state index contributed by atoms with van der Waals surface area (Å²) in [6.45, 7) is 0. The van der Waals surface area contributed by atoms with E-state index in [0.717, 1.165) is 12.4 Å². The second kappa shape index (κ2) is 3.16. The number of nitrogens with one attached hydrogen (secondary N) is 1. The van der Waals surface area contributed by atoms with Gasteiger partial charge < -0.3 is 21.5 Å². The van der Waals surface area contributed by atoms with Gasteiger partial charge in [-0.2, -0.15) is 9.46 Å². The van der Waals surface area contributed by atoms with E-state index >= 15 is 0 Å². The summed E-state index contributed by atoms with van der Waals surface area (Å²) in [6, 6.07) is 3.24. The molecule has 0 spiro atoms. The Bertz CT molecular complexity index is 519. The van der Waals surface area contributed by atoms with Gasteiger partial charge in [0.15, 0.2) is 0 Å². The SMILES string of the molecule is CNc1ccc(N)c2c1[n+]([O-])cc[n+]2[O-]. The summed E-state index contributed by atoms with van der Waals surface area (Å²) in [5.41, 5.74) is 6.92. The largest absolute Gasteiger partial charge is 0.618 e. The van der Waals surface area contributed by atoms with Crippen molar-refractivity contribution in [3.05, 3.63) is 34.9 Å². The highest BCUT2D eigenvalue weighted by atomic mass is 16.5. The molecular formula is C9H10N4O2. The van der Waals surface area contributed by atoms with Gasteiger partial charge in [-0.1, -0.05) is 0 Å². The van der Waals surface area contributed by atoms with Gasteiger partial charge in [0.05, 0.1) is 0 Å². The fourth-order valence-electron chi connectivity index (χ4n) is 1.52. The average Bonchev–Trinajstić information content (AvgIpc) is 2.23. The average molecular weight is 206 g/mol. The second-order valence-electron chi connectivity index (χ2n) is 3.10. The van der Waals surface area contributed by atoms with Crippen LogP contribution in [0.2, 0.25) is 0 Å². The lowest BCUT2D eigenvalue weighted by molar-refractivity contribution is -0.628. The minimum atomic E-state index is 0.180. The first kappa shape index (κ1) is 9.32. The van der Waals surface area contributed by atoms with Crippen LogP contribution in [0.5, 0.6) is 0 Å². The van der Waals surface area contributed by atoms with Gasteiger partial charge in [-0.3, -0.25) is 0 Å². The van der Waals surface area contributed by atoms with Crippen molar-refractivity contribution in [2.45, 2.75) is 0 Å². The molecule has 1 heterocycles. The lowest BCUT2D eigenvalue weighted by Gasteiger charge is -2.07. The second-order valence-corrected chi connectivity index (χ2v) is 3.10. The summed E-state index contributed by atoms with van der Waals surface area (Å²) < 4.78 is 1.20. The fourth-order valence-corrected chi connectivity index (χ4v) is 1.52. The minimum absolute atomic E-state index is 0.180. The summed E-state index contributed by atoms with van der Waals surface area (Å²) in [5.74, 6) is 0. The third-order valence-electron chi connectivity index (χ3n) is 2.23. The predicted molar refractivity (Wildman–Crippen MR) is 55.8 cm³/mol. The van der Waals surface area contributed by atoms with Crippen LogP contribution in [-0.2, 0) is 0 Å². The van der Waals surface area contributed by atoms with Gasteiger partial charge in [-0.15, -0.1) is 0 Å². The molecule has 2 rings (SSSR count). The summed E-state index contributed by atoms with van der Waals surface area (Å²) in [6.07, 6.45) is 2.28. The van der Waals surface area contributed by atoms with Crippen LogP contribution < -0.4 is 20.5 Å². The van der Waals surface area contributed by atoms with Crippen molar-refractivity contribution in [1.82, 2.24) is 0 Å². The van der Waals surface area contributed by atoms with Crippen molar-refractivity contribution in [3.63, 3.8) is 0 Å². The molecule has 0 fully saturated rings. The van der Waals surface area contributed by atoms with Crippen molar-refractivity contribution < 1.29 is 9.46 Å². The number of nitrogen functional groups attached to an aromatic ring is 1. The molecule has 1 aromatic heterocycles. The number of hydrogen-bond acceptors (Lipinski definition) is 4. The van der Waals surface area contributed by atoms with Crippen molar-refractivity contribution in [2.75, 3.05) is 18.1 Å². The molecule has 0 aliphatic rings. The first-order valence-corrected chi connectivity index (χ1v) is 4.36. The maximum absolute atomic E-state index is 11.5. The Morgan fingerprint density at radius 2 is 1.73 bits per heavy atom. The van der Waals surface area contributed by atoms with Crippen LogP contribution in [-0.4, -0.2) is 7.05 Å². The molecule has 6 nitrogen and oxygen atoms in total. The van der Waals surface area contributed by atoms with Gasteiger partial charge in [-0.05, 0) is 12.1 Å². The van der Waals surface area contributed by atoms with Crippen LogP contribution in [0.3, 0.4) is 0 Å². The zero-order chi connectivity index (χ0) is 11.0. The summed E-state index contributed by atoms with van der Waals surface area (Å²) in [7, 11) is 1.67. The molecule has 3 N–H and O–H groups in total. The van der Waals surface area contributed by atoms with Crippen molar-refractivity contribution in [3.8, 4) is 0 Å². The predicted octanol–water partition coefficient (Wildman–Crippen LogP) is -0.270. The van der Waals surface area contributed by atoms with E-state index in [1.165, 1.54) is 0 Å². The molecule has 78 valence electrons. The van der Waals surface area contributed by atoms with Gasteiger partial charge in [0.25, 0.3) is 0 Å². The quantitative estimate of drug-likeness (QED) is 0.381. The van der Waals surface area contributed by atoms with E-state index in [4.69, 9.17) is 5.73 Å². The molecule has 0 aliphatic heterocycles. The molecule has 0 saturated heterocycles. The van der Waals surface area contributed by atoms with E-state index in [1.807, 2.05) is 0 Å². The van der Waals surface area contributed by atoms with Gasteiger partial charge >= 0.3 is 11.0 Å². The molecule has 0 amide bonds. The Morgan fingerprint density at radius 1 is 1.13 bits per heavy atom. The number of rotatable bonds is 1. The number of anilines is 2. The Labute approximate surface area is 85.7 Å². The zero-order valence-electron chi connectivity index (χ0n) is 8.10. The highest BCUT2D eigenvalue weighted by Gasteiger charge is 2.19. The number of aromatic nitrogens is 2. The molecule has 2 aromatic rings. The first-order chi connectivity index (χ1) is 7.15. The zero-order valence-corrected chi connectivity index (χ0v) is 8.10. The lowest BCUT2D eigenvalue weighted by atomic mass is 10.2. The highest BCUT2D eigenvalue weighted by molar-refractivity contribution is 5.91. The summed E-state index contributed by atoms with van der Waals surface area (Å²) in [5, 5.41) is 25.8. The molecule has 6 heteroatoms. The van der Waals surface area contributed by atoms with E-state index in [-0.39, 0.29) is 16.7 Å². The topological polar surface area (TPSA) is 91.9 Å². The third-order valence-corrected chi connectivity index (χ3v) is 2.23. The number of hydrogen-bond donors (Lipinski definition) is 2. The molecule has 0 aliphatic carbocycles. The van der Waals surface area contributed by atoms with E-state index < -0.39 is 0 Å². The summed E-state index contributed by atoms with van der Waals surface area (Å²) >= 11 is 0. The Balaban J connectivity index is 2.99. The number of fused-ring (bicyclic) bond motifs is 1. The number of benzene rings is 1. The van der Waals surface area contributed by atoms with Crippen molar-refractivity contribution >= 4 is 22.4 Å². The van der Waals surface area contributed by atoms with E-state index in [1.54, 1.807) is 19.2 Å². The summed E-state index contributed by atoms with van der Waals surface area (Å²) in [4.78, 5) is 0.